The lowest BCUT2D eigenvalue weighted by Gasteiger charge is -2.40. The maximum Gasteiger partial charge on any atom is 0.306 e. The molecule has 0 aromatic heterocycles. The number of hydrogen-bond acceptors (Lipinski definition) is 11. The van der Waals surface area contributed by atoms with E-state index in [-0.39, 0.29) is 19.4 Å². The minimum absolute atomic E-state index is 0.144. The molecule has 1 aliphatic heterocycles. The van der Waals surface area contributed by atoms with Crippen molar-refractivity contribution in [2.75, 3.05) is 19.0 Å². The molecule has 1 heterocycles. The van der Waals surface area contributed by atoms with Gasteiger partial charge in [-0.25, -0.2) is 0 Å². The SMILES string of the molecule is CC/C=C\C/C=C\C/C=C\CCCCCCCCCC(=O)OCC(COC1OC(CS(=O)(=O)O)C(O)C(O)C1O)OC(=O)CCCCCCCC/C=C\C/C=C\C/C=C\CCCCC. The molecule has 1 saturated heterocycles. The molecule has 0 bridgehead atoms. The van der Waals surface area contributed by atoms with E-state index in [9.17, 15) is 37.9 Å². The van der Waals surface area contributed by atoms with Gasteiger partial charge in [-0.15, -0.1) is 0 Å². The highest BCUT2D eigenvalue weighted by Gasteiger charge is 2.46. The van der Waals surface area contributed by atoms with Crippen LogP contribution in [-0.4, -0.2) is 96.0 Å². The molecule has 12 nitrogen and oxygen atoms in total. The van der Waals surface area contributed by atoms with E-state index in [0.717, 1.165) is 109 Å². The average molecular weight is 923 g/mol. The van der Waals surface area contributed by atoms with Crippen molar-refractivity contribution in [2.45, 2.75) is 218 Å². The van der Waals surface area contributed by atoms with E-state index >= 15 is 0 Å². The summed E-state index contributed by atoms with van der Waals surface area (Å²) in [7, 11) is -4.61. The van der Waals surface area contributed by atoms with E-state index in [1.165, 1.54) is 32.1 Å². The first-order valence-electron chi connectivity index (χ1n) is 24.5. The third-order valence-electron chi connectivity index (χ3n) is 10.8. The second-order valence-electron chi connectivity index (χ2n) is 16.7. The average Bonchev–Trinajstić information content (AvgIpc) is 3.26. The quantitative estimate of drug-likeness (QED) is 0.0198. The van der Waals surface area contributed by atoms with Gasteiger partial charge >= 0.3 is 11.9 Å². The van der Waals surface area contributed by atoms with Crippen LogP contribution in [-0.2, 0) is 38.7 Å². The van der Waals surface area contributed by atoms with Crippen molar-refractivity contribution in [3.05, 3.63) is 72.9 Å². The Bertz CT molecular complexity index is 1450. The fourth-order valence-corrected chi connectivity index (χ4v) is 7.68. The number of aliphatic hydroxyl groups is 3. The maximum absolute atomic E-state index is 12.9. The van der Waals surface area contributed by atoms with E-state index < -0.39 is 71.2 Å². The molecule has 0 aromatic rings. The van der Waals surface area contributed by atoms with Gasteiger partial charge in [-0.05, 0) is 83.5 Å². The van der Waals surface area contributed by atoms with Crippen LogP contribution < -0.4 is 0 Å². The zero-order valence-electron chi connectivity index (χ0n) is 39.4. The van der Waals surface area contributed by atoms with Crippen LogP contribution in [0.25, 0.3) is 0 Å². The first-order chi connectivity index (χ1) is 31.0. The van der Waals surface area contributed by atoms with Crippen LogP contribution >= 0.6 is 0 Å². The lowest BCUT2D eigenvalue weighted by Crippen LogP contribution is -2.60. The summed E-state index contributed by atoms with van der Waals surface area (Å²) < 4.78 is 54.2. The van der Waals surface area contributed by atoms with Crippen LogP contribution in [0.15, 0.2) is 72.9 Å². The van der Waals surface area contributed by atoms with Gasteiger partial charge in [0.05, 0.1) is 6.61 Å². The van der Waals surface area contributed by atoms with Crippen LogP contribution in [0.1, 0.15) is 181 Å². The first-order valence-corrected chi connectivity index (χ1v) is 26.1. The summed E-state index contributed by atoms with van der Waals surface area (Å²) in [5.41, 5.74) is 0. The minimum Gasteiger partial charge on any atom is -0.462 e. The Hall–Kier alpha value is -2.91. The van der Waals surface area contributed by atoms with Gasteiger partial charge in [0.1, 0.15) is 36.8 Å². The van der Waals surface area contributed by atoms with Crippen molar-refractivity contribution in [1.82, 2.24) is 0 Å². The number of carbonyl (C=O) groups is 2. The normalized spacial score (nSPS) is 20.2. The molecule has 64 heavy (non-hydrogen) atoms. The smallest absolute Gasteiger partial charge is 0.306 e. The standard InChI is InChI=1S/C51H86O12S/c1-3-5-7-9-11-13-15-17-19-21-22-24-26-28-30-32-34-36-38-40-47(53)62-44(42-61-51-50(56)49(55)48(54)45(63-51)43-64(57,58)59)41-60-46(52)39-37-35-33-31-29-27-25-23-20-18-16-14-12-10-8-6-4-2/h6,8,11-14,17-20,22,24,44-45,48-51,54-56H,3-5,7,9-10,15-16,21,23,25-43H2,1-2H3,(H,57,58,59)/b8-6-,13-11-,14-12-,19-17-,20-18-,24-22-. The second kappa shape index (κ2) is 40.4. The lowest BCUT2D eigenvalue weighted by atomic mass is 10.00. The van der Waals surface area contributed by atoms with Crippen molar-refractivity contribution in [2.24, 2.45) is 0 Å². The van der Waals surface area contributed by atoms with E-state index in [2.05, 4.69) is 86.8 Å². The molecule has 0 saturated carbocycles. The molecule has 4 N–H and O–H groups in total. The van der Waals surface area contributed by atoms with Crippen LogP contribution in [0.5, 0.6) is 0 Å². The largest absolute Gasteiger partial charge is 0.462 e. The molecule has 368 valence electrons. The Morgan fingerprint density at radius 3 is 1.47 bits per heavy atom. The third kappa shape index (κ3) is 34.4. The van der Waals surface area contributed by atoms with Gasteiger partial charge in [0.15, 0.2) is 12.4 Å². The van der Waals surface area contributed by atoms with E-state index in [1.54, 1.807) is 0 Å². The molecule has 0 spiro atoms. The molecule has 0 amide bonds. The number of unbranched alkanes of at least 4 members (excludes halogenated alkanes) is 16. The molecule has 1 rings (SSSR count). The second-order valence-corrected chi connectivity index (χ2v) is 18.2. The summed E-state index contributed by atoms with van der Waals surface area (Å²) in [6.07, 6.45) is 42.2. The van der Waals surface area contributed by atoms with Crippen LogP contribution in [0, 0.1) is 0 Å². The number of allylic oxidation sites excluding steroid dienone is 12. The highest BCUT2D eigenvalue weighted by molar-refractivity contribution is 7.85. The van der Waals surface area contributed by atoms with Crippen molar-refractivity contribution in [1.29, 1.82) is 0 Å². The number of aliphatic hydroxyl groups excluding tert-OH is 3. The molecular weight excluding hydrogens is 837 g/mol. The van der Waals surface area contributed by atoms with Gasteiger partial charge in [0, 0.05) is 12.8 Å². The van der Waals surface area contributed by atoms with Gasteiger partial charge in [0.2, 0.25) is 0 Å². The number of ether oxygens (including phenoxy) is 4. The summed E-state index contributed by atoms with van der Waals surface area (Å²) in [6, 6.07) is 0. The molecule has 6 unspecified atom stereocenters. The van der Waals surface area contributed by atoms with Gasteiger partial charge in [0.25, 0.3) is 10.1 Å². The number of hydrogen-bond donors (Lipinski definition) is 4. The van der Waals surface area contributed by atoms with E-state index in [4.69, 9.17) is 18.9 Å². The van der Waals surface area contributed by atoms with Gasteiger partial charge in [-0.3, -0.25) is 14.1 Å². The van der Waals surface area contributed by atoms with Crippen molar-refractivity contribution in [3.63, 3.8) is 0 Å². The Morgan fingerprint density at radius 2 is 0.984 bits per heavy atom. The Labute approximate surface area is 387 Å². The minimum atomic E-state index is -4.61. The Kier molecular flexibility index (Phi) is 37.3. The highest BCUT2D eigenvalue weighted by atomic mass is 32.2. The topological polar surface area (TPSA) is 186 Å². The highest BCUT2D eigenvalue weighted by Crippen LogP contribution is 2.24. The predicted molar refractivity (Wildman–Crippen MR) is 256 cm³/mol. The summed E-state index contributed by atoms with van der Waals surface area (Å²) in [5, 5.41) is 30.9. The summed E-state index contributed by atoms with van der Waals surface area (Å²) >= 11 is 0. The van der Waals surface area contributed by atoms with Crippen molar-refractivity contribution in [3.8, 4) is 0 Å². The summed E-state index contributed by atoms with van der Waals surface area (Å²) in [6.45, 7) is 3.61. The van der Waals surface area contributed by atoms with Crippen LogP contribution in [0.4, 0.5) is 0 Å². The molecule has 6 atom stereocenters. The predicted octanol–water partition coefficient (Wildman–Crippen LogP) is 10.7. The van der Waals surface area contributed by atoms with E-state index in [1.807, 2.05) is 0 Å². The van der Waals surface area contributed by atoms with Crippen molar-refractivity contribution >= 4 is 22.1 Å². The molecule has 1 aliphatic rings. The van der Waals surface area contributed by atoms with Gasteiger partial charge < -0.3 is 34.3 Å². The van der Waals surface area contributed by atoms with Crippen molar-refractivity contribution < 1.29 is 56.8 Å². The molecular formula is C51H86O12S. The fraction of sp³-hybridized carbons (Fsp3) is 0.725. The Morgan fingerprint density at radius 1 is 0.547 bits per heavy atom. The zero-order valence-corrected chi connectivity index (χ0v) is 40.2. The molecule has 13 heteroatoms. The molecule has 0 radical (unpaired) electrons. The fourth-order valence-electron chi connectivity index (χ4n) is 6.99. The number of esters is 2. The maximum atomic E-state index is 12.9. The Balaban J connectivity index is 2.43. The third-order valence-corrected chi connectivity index (χ3v) is 11.5. The molecule has 1 fully saturated rings. The van der Waals surface area contributed by atoms with Gasteiger partial charge in [-0.2, -0.15) is 8.42 Å². The van der Waals surface area contributed by atoms with E-state index in [0.29, 0.717) is 12.8 Å². The number of carbonyl (C=O) groups excluding carboxylic acids is 2. The lowest BCUT2D eigenvalue weighted by molar-refractivity contribution is -0.297. The van der Waals surface area contributed by atoms with Crippen LogP contribution in [0.3, 0.4) is 0 Å². The van der Waals surface area contributed by atoms with Gasteiger partial charge in [-0.1, -0.05) is 157 Å². The monoisotopic (exact) mass is 923 g/mol. The summed E-state index contributed by atoms with van der Waals surface area (Å²) in [4.78, 5) is 25.5. The van der Waals surface area contributed by atoms with Crippen LogP contribution in [0.2, 0.25) is 0 Å². The molecule has 0 aliphatic carbocycles. The number of rotatable bonds is 40. The zero-order chi connectivity index (χ0) is 46.9. The summed E-state index contributed by atoms with van der Waals surface area (Å²) in [5.74, 6) is -2.02. The first kappa shape index (κ1) is 59.1. The molecule has 0 aromatic carbocycles.